The lowest BCUT2D eigenvalue weighted by molar-refractivity contribution is -0.121. The second kappa shape index (κ2) is 10.4. The lowest BCUT2D eigenvalue weighted by atomic mass is 10.1. The first-order chi connectivity index (χ1) is 16.4. The van der Waals surface area contributed by atoms with Gasteiger partial charge in [-0.2, -0.15) is 0 Å². The topological polar surface area (TPSA) is 64.0 Å². The Morgan fingerprint density at radius 2 is 1.74 bits per heavy atom. The van der Waals surface area contributed by atoms with Crippen molar-refractivity contribution >= 4 is 16.9 Å². The maximum absolute atomic E-state index is 14.0. The van der Waals surface area contributed by atoms with E-state index < -0.39 is 17.7 Å². The van der Waals surface area contributed by atoms with Crippen molar-refractivity contribution in [3.63, 3.8) is 0 Å². The number of aromatic nitrogens is 2. The molecule has 0 fully saturated rings. The molecule has 0 bridgehead atoms. The summed E-state index contributed by atoms with van der Waals surface area (Å²) in [5, 5.41) is 2.71. The highest BCUT2D eigenvalue weighted by Gasteiger charge is 2.16. The van der Waals surface area contributed by atoms with Gasteiger partial charge in [0.1, 0.15) is 17.3 Å². The van der Waals surface area contributed by atoms with E-state index in [0.29, 0.717) is 24.2 Å². The molecule has 1 amide bonds. The Bertz CT molecular complexity index is 1370. The highest BCUT2D eigenvalue weighted by atomic mass is 19.1. The van der Waals surface area contributed by atoms with Gasteiger partial charge >= 0.3 is 0 Å². The fraction of sp³-hybridized carbons (Fsp3) is 0.222. The maximum Gasteiger partial charge on any atom is 0.272 e. The number of carbonyl (C=O) groups is 1. The number of hydrogen-bond donors (Lipinski definition) is 1. The summed E-state index contributed by atoms with van der Waals surface area (Å²) in [4.78, 5) is 30.2. The minimum absolute atomic E-state index is 0.0203. The number of carbonyl (C=O) groups excluding carboxylic acids is 1. The summed E-state index contributed by atoms with van der Waals surface area (Å²) < 4.78 is 28.9. The zero-order chi connectivity index (χ0) is 24.1. The molecule has 1 atom stereocenters. The van der Waals surface area contributed by atoms with E-state index in [4.69, 9.17) is 0 Å². The molecule has 0 spiro atoms. The highest BCUT2D eigenvalue weighted by Crippen LogP contribution is 2.18. The molecule has 0 saturated heterocycles. The van der Waals surface area contributed by atoms with Gasteiger partial charge in [0.05, 0.1) is 17.1 Å². The van der Waals surface area contributed by atoms with E-state index in [2.05, 4.69) is 10.3 Å². The molecule has 4 aromatic rings. The summed E-state index contributed by atoms with van der Waals surface area (Å²) in [6.45, 7) is 2.12. The van der Waals surface area contributed by atoms with Crippen LogP contribution in [0.1, 0.15) is 36.2 Å². The molecular formula is C27H25F2N3O2. The molecule has 174 valence electrons. The molecule has 0 aliphatic rings. The Kier molecular flexibility index (Phi) is 7.11. The van der Waals surface area contributed by atoms with E-state index >= 15 is 0 Å². The maximum atomic E-state index is 14.0. The first-order valence-electron chi connectivity index (χ1n) is 11.2. The van der Waals surface area contributed by atoms with Gasteiger partial charge in [-0.1, -0.05) is 48.5 Å². The normalized spacial score (nSPS) is 12.0. The summed E-state index contributed by atoms with van der Waals surface area (Å²) in [6, 6.07) is 20.0. The Balaban J connectivity index is 1.49. The first-order valence-corrected chi connectivity index (χ1v) is 11.2. The number of halogens is 2. The zero-order valence-electron chi connectivity index (χ0n) is 18.8. The Hall–Kier alpha value is -3.87. The third kappa shape index (κ3) is 5.36. The van der Waals surface area contributed by atoms with Crippen molar-refractivity contribution in [2.75, 3.05) is 0 Å². The van der Waals surface area contributed by atoms with Crippen LogP contribution in [-0.4, -0.2) is 15.5 Å². The van der Waals surface area contributed by atoms with Crippen molar-refractivity contribution in [1.29, 1.82) is 0 Å². The quantitative estimate of drug-likeness (QED) is 0.413. The first kappa shape index (κ1) is 23.3. The van der Waals surface area contributed by atoms with Crippen LogP contribution in [-0.2, 0) is 24.2 Å². The van der Waals surface area contributed by atoms with Gasteiger partial charge < -0.3 is 9.88 Å². The monoisotopic (exact) mass is 461 g/mol. The zero-order valence-corrected chi connectivity index (χ0v) is 18.8. The summed E-state index contributed by atoms with van der Waals surface area (Å²) in [5.41, 5.74) is 2.84. The Morgan fingerprint density at radius 3 is 2.50 bits per heavy atom. The van der Waals surface area contributed by atoms with Crippen molar-refractivity contribution < 1.29 is 13.6 Å². The van der Waals surface area contributed by atoms with Crippen LogP contribution >= 0.6 is 0 Å². The van der Waals surface area contributed by atoms with E-state index in [1.807, 2.05) is 54.6 Å². The van der Waals surface area contributed by atoms with Gasteiger partial charge in [0.25, 0.3) is 5.56 Å². The number of para-hydroxylation sites is 2. The fourth-order valence-electron chi connectivity index (χ4n) is 3.99. The van der Waals surface area contributed by atoms with Crippen molar-refractivity contribution in [1.82, 2.24) is 14.9 Å². The molecule has 0 aliphatic carbocycles. The molecule has 7 heteroatoms. The van der Waals surface area contributed by atoms with Crippen molar-refractivity contribution in [2.24, 2.45) is 0 Å². The molecule has 0 unspecified atom stereocenters. The van der Waals surface area contributed by atoms with Gasteiger partial charge in [-0.05, 0) is 37.1 Å². The van der Waals surface area contributed by atoms with E-state index in [0.717, 1.165) is 23.2 Å². The van der Waals surface area contributed by atoms with Crippen LogP contribution in [0, 0.1) is 11.6 Å². The molecule has 1 heterocycles. The molecule has 0 radical (unpaired) electrons. The number of benzene rings is 3. The minimum Gasteiger partial charge on any atom is -0.349 e. The molecule has 0 saturated carbocycles. The molecule has 4 rings (SSSR count). The van der Waals surface area contributed by atoms with Crippen LogP contribution in [0.3, 0.4) is 0 Å². The van der Waals surface area contributed by atoms with Crippen LogP contribution in [0.2, 0.25) is 0 Å². The van der Waals surface area contributed by atoms with Gasteiger partial charge in [-0.15, -0.1) is 0 Å². The van der Waals surface area contributed by atoms with Crippen molar-refractivity contribution in [3.05, 3.63) is 112 Å². The van der Waals surface area contributed by atoms with Gasteiger partial charge in [0.15, 0.2) is 0 Å². The largest absolute Gasteiger partial charge is 0.349 e. The Labute approximate surface area is 196 Å². The third-order valence-corrected chi connectivity index (χ3v) is 5.78. The van der Waals surface area contributed by atoms with Gasteiger partial charge in [-0.25, -0.2) is 13.8 Å². The van der Waals surface area contributed by atoms with E-state index in [-0.39, 0.29) is 29.9 Å². The number of rotatable bonds is 8. The molecule has 3 aromatic carbocycles. The average molecular weight is 462 g/mol. The summed E-state index contributed by atoms with van der Waals surface area (Å²) in [5.74, 6) is -1.74. The number of nitrogens with zero attached hydrogens (tertiary/aromatic N) is 2. The average Bonchev–Trinajstić information content (AvgIpc) is 2.83. The van der Waals surface area contributed by atoms with Crippen LogP contribution in [0.4, 0.5) is 8.78 Å². The van der Waals surface area contributed by atoms with Gasteiger partial charge in [-0.3, -0.25) is 9.59 Å². The van der Waals surface area contributed by atoms with Gasteiger partial charge in [0, 0.05) is 31.0 Å². The van der Waals surface area contributed by atoms with E-state index in [9.17, 15) is 18.4 Å². The molecular weight excluding hydrogens is 436 g/mol. The van der Waals surface area contributed by atoms with Crippen molar-refractivity contribution in [2.45, 2.75) is 38.8 Å². The number of nitrogens with one attached hydrogen (secondary N) is 1. The standard InChI is InChI=1S/C27H25F2N3O2/c1-18(21-12-11-20(28)17-22(21)29)30-26(33)14-13-24-27(34)32(16-15-19-7-3-2-4-8-19)25-10-6-5-9-23(25)31-24/h2-12,17-18H,13-16H2,1H3,(H,30,33)/t18-/m1/s1. The van der Waals surface area contributed by atoms with Crippen LogP contribution in [0.15, 0.2) is 77.6 Å². The van der Waals surface area contributed by atoms with E-state index in [1.165, 1.54) is 6.07 Å². The molecule has 5 nitrogen and oxygen atoms in total. The predicted molar refractivity (Wildman–Crippen MR) is 127 cm³/mol. The summed E-state index contributed by atoms with van der Waals surface area (Å²) >= 11 is 0. The SMILES string of the molecule is C[C@@H](NC(=O)CCc1nc2ccccc2n(CCc2ccccc2)c1=O)c1ccc(F)cc1F. The highest BCUT2D eigenvalue weighted by molar-refractivity contribution is 5.77. The lowest BCUT2D eigenvalue weighted by Crippen LogP contribution is -2.30. The number of aryl methyl sites for hydroxylation is 3. The second-order valence-corrected chi connectivity index (χ2v) is 8.19. The van der Waals surface area contributed by atoms with Crippen LogP contribution < -0.4 is 10.9 Å². The van der Waals surface area contributed by atoms with Crippen LogP contribution in [0.5, 0.6) is 0 Å². The van der Waals surface area contributed by atoms with Crippen molar-refractivity contribution in [3.8, 4) is 0 Å². The molecule has 34 heavy (non-hydrogen) atoms. The molecule has 1 N–H and O–H groups in total. The van der Waals surface area contributed by atoms with Crippen LogP contribution in [0.25, 0.3) is 11.0 Å². The lowest BCUT2D eigenvalue weighted by Gasteiger charge is -2.15. The van der Waals surface area contributed by atoms with E-state index in [1.54, 1.807) is 11.5 Å². The fourth-order valence-corrected chi connectivity index (χ4v) is 3.99. The summed E-state index contributed by atoms with van der Waals surface area (Å²) in [6.07, 6.45) is 0.862. The van der Waals surface area contributed by atoms with Gasteiger partial charge in [0.2, 0.25) is 5.91 Å². The molecule has 0 aliphatic heterocycles. The summed E-state index contributed by atoms with van der Waals surface area (Å²) in [7, 11) is 0. The Morgan fingerprint density at radius 1 is 1.00 bits per heavy atom. The minimum atomic E-state index is -0.717. The number of amides is 1. The second-order valence-electron chi connectivity index (χ2n) is 8.19. The smallest absolute Gasteiger partial charge is 0.272 e. The number of hydrogen-bond acceptors (Lipinski definition) is 3. The third-order valence-electron chi connectivity index (χ3n) is 5.78. The number of fused-ring (bicyclic) bond motifs is 1. The predicted octanol–water partition coefficient (Wildman–Crippen LogP) is 4.73. The molecule has 1 aromatic heterocycles.